The van der Waals surface area contributed by atoms with Crippen molar-refractivity contribution in [3.8, 4) is 0 Å². The second-order valence-electron chi connectivity index (χ2n) is 5.59. The van der Waals surface area contributed by atoms with Gasteiger partial charge in [0.2, 0.25) is 9.84 Å². The lowest BCUT2D eigenvalue weighted by atomic mass is 10.3. The lowest BCUT2D eigenvalue weighted by molar-refractivity contribution is -0.114. The van der Waals surface area contributed by atoms with Gasteiger partial charge in [0.15, 0.2) is 4.91 Å². The summed E-state index contributed by atoms with van der Waals surface area (Å²) in [4.78, 5) is 14.5. The van der Waals surface area contributed by atoms with Gasteiger partial charge in [-0.05, 0) is 24.3 Å². The van der Waals surface area contributed by atoms with Crippen molar-refractivity contribution in [3.63, 3.8) is 0 Å². The van der Waals surface area contributed by atoms with Crippen LogP contribution < -0.4 is 4.90 Å². The van der Waals surface area contributed by atoms with Crippen molar-refractivity contribution in [1.29, 1.82) is 0 Å². The van der Waals surface area contributed by atoms with Crippen LogP contribution in [0.5, 0.6) is 0 Å². The largest absolute Gasteiger partial charge is 0.382 e. The van der Waals surface area contributed by atoms with E-state index in [0.29, 0.717) is 5.69 Å². The summed E-state index contributed by atoms with van der Waals surface area (Å²) in [5.74, 6) is -1.65. The Morgan fingerprint density at radius 2 is 1.52 bits per heavy atom. The number of carbonyl (C=O) groups is 1. The number of hydrogen-bond acceptors (Lipinski definition) is 4. The quantitative estimate of drug-likeness (QED) is 0.768. The van der Waals surface area contributed by atoms with E-state index in [1.54, 1.807) is 44.4 Å². The third kappa shape index (κ3) is 4.06. The smallest absolute Gasteiger partial charge is 0.271 e. The fourth-order valence-electron chi connectivity index (χ4n) is 2.19. The Balaban J connectivity index is 2.54. The summed E-state index contributed by atoms with van der Waals surface area (Å²) >= 11 is 0. The summed E-state index contributed by atoms with van der Waals surface area (Å²) < 4.78 is 39.8. The molecular weight excluding hydrogens is 343 g/mol. The summed E-state index contributed by atoms with van der Waals surface area (Å²) in [7, 11) is 0.324. The molecule has 0 saturated heterocycles. The highest BCUT2D eigenvalue weighted by Gasteiger charge is 2.32. The molecule has 0 saturated carbocycles. The van der Waals surface area contributed by atoms with Crippen LogP contribution in [0.25, 0.3) is 0 Å². The minimum absolute atomic E-state index is 0.506. The predicted octanol–water partition coefficient (Wildman–Crippen LogP) is 2.67. The van der Waals surface area contributed by atoms with Crippen molar-refractivity contribution in [2.24, 2.45) is 0 Å². The molecule has 2 aromatic rings. The normalized spacial score (nSPS) is 11.9. The third-order valence-corrected chi connectivity index (χ3v) is 5.22. The van der Waals surface area contributed by atoms with E-state index in [9.17, 15) is 17.6 Å². The standard InChI is InChI=1S/C18H19FN2O3S/c1-20(2)13-17(18(22)21(3)14-9-5-4-6-10-14)25(23,24)16-12-8-7-11-15(16)19/h4-13H,1-3H3/b17-13-. The van der Waals surface area contributed by atoms with E-state index in [-0.39, 0.29) is 0 Å². The SMILES string of the molecule is CN(C)/C=C(/C(=O)N(C)c1ccccc1)S(=O)(=O)c1ccccc1F. The van der Waals surface area contributed by atoms with Crippen LogP contribution in [0.4, 0.5) is 10.1 Å². The van der Waals surface area contributed by atoms with Crippen molar-refractivity contribution in [3.05, 3.63) is 71.5 Å². The minimum atomic E-state index is -4.33. The first-order chi connectivity index (χ1) is 11.7. The van der Waals surface area contributed by atoms with Crippen molar-refractivity contribution in [2.75, 3.05) is 26.0 Å². The summed E-state index contributed by atoms with van der Waals surface area (Å²) in [5.41, 5.74) is 0.529. The Labute approximate surface area is 146 Å². The molecule has 25 heavy (non-hydrogen) atoms. The van der Waals surface area contributed by atoms with Gasteiger partial charge in [0, 0.05) is 33.0 Å². The van der Waals surface area contributed by atoms with Crippen LogP contribution in [-0.2, 0) is 14.6 Å². The van der Waals surface area contributed by atoms with E-state index in [1.807, 2.05) is 0 Å². The number of hydrogen-bond donors (Lipinski definition) is 0. The van der Waals surface area contributed by atoms with E-state index in [2.05, 4.69) is 0 Å². The van der Waals surface area contributed by atoms with Gasteiger partial charge in [-0.15, -0.1) is 0 Å². The van der Waals surface area contributed by atoms with Crippen molar-refractivity contribution in [2.45, 2.75) is 4.90 Å². The summed E-state index contributed by atoms with van der Waals surface area (Å²) in [6.45, 7) is 0. The van der Waals surface area contributed by atoms with E-state index < -0.39 is 31.4 Å². The summed E-state index contributed by atoms with van der Waals surface area (Å²) in [6.07, 6.45) is 1.18. The van der Waals surface area contributed by atoms with Crippen LogP contribution in [0.1, 0.15) is 0 Å². The molecule has 0 bridgehead atoms. The van der Waals surface area contributed by atoms with E-state index in [1.165, 1.54) is 35.2 Å². The molecule has 0 aromatic heterocycles. The zero-order valence-electron chi connectivity index (χ0n) is 14.2. The van der Waals surface area contributed by atoms with E-state index >= 15 is 0 Å². The molecule has 0 aliphatic rings. The molecule has 0 fully saturated rings. The molecule has 0 radical (unpaired) electrons. The molecule has 0 N–H and O–H groups in total. The maximum Gasteiger partial charge on any atom is 0.271 e. The Morgan fingerprint density at radius 1 is 0.960 bits per heavy atom. The molecule has 0 heterocycles. The molecule has 1 amide bonds. The third-order valence-electron chi connectivity index (χ3n) is 3.45. The number of benzene rings is 2. The maximum atomic E-state index is 14.0. The Kier molecular flexibility index (Phi) is 5.58. The van der Waals surface area contributed by atoms with Crippen LogP contribution in [0.3, 0.4) is 0 Å². The van der Waals surface area contributed by atoms with Gasteiger partial charge in [-0.2, -0.15) is 0 Å². The average molecular weight is 362 g/mol. The Bertz CT molecular complexity index is 894. The molecule has 0 aliphatic carbocycles. The molecule has 0 unspecified atom stereocenters. The fraction of sp³-hybridized carbons (Fsp3) is 0.167. The first-order valence-corrected chi connectivity index (χ1v) is 8.94. The fourth-order valence-corrected chi connectivity index (χ4v) is 3.73. The lowest BCUT2D eigenvalue weighted by Crippen LogP contribution is -2.32. The number of halogens is 1. The average Bonchev–Trinajstić information content (AvgIpc) is 2.59. The predicted molar refractivity (Wildman–Crippen MR) is 95.2 cm³/mol. The molecule has 0 spiro atoms. The first kappa shape index (κ1) is 18.7. The monoisotopic (exact) mass is 362 g/mol. The number of sulfone groups is 1. The van der Waals surface area contributed by atoms with Gasteiger partial charge in [-0.25, -0.2) is 12.8 Å². The number of anilines is 1. The highest BCUT2D eigenvalue weighted by atomic mass is 32.2. The molecule has 7 heteroatoms. The second-order valence-corrected chi connectivity index (χ2v) is 7.48. The van der Waals surface area contributed by atoms with Crippen molar-refractivity contribution < 1.29 is 17.6 Å². The molecule has 5 nitrogen and oxygen atoms in total. The van der Waals surface area contributed by atoms with E-state index in [4.69, 9.17) is 0 Å². The highest BCUT2D eigenvalue weighted by molar-refractivity contribution is 7.96. The van der Waals surface area contributed by atoms with Crippen molar-refractivity contribution in [1.82, 2.24) is 4.90 Å². The number of amides is 1. The molecule has 132 valence electrons. The summed E-state index contributed by atoms with van der Waals surface area (Å²) in [5, 5.41) is 0. The highest BCUT2D eigenvalue weighted by Crippen LogP contribution is 2.25. The van der Waals surface area contributed by atoms with Gasteiger partial charge in [0.05, 0.1) is 0 Å². The first-order valence-electron chi connectivity index (χ1n) is 7.46. The molecular formula is C18H19FN2O3S. The molecule has 2 rings (SSSR count). The van der Waals surface area contributed by atoms with Crippen LogP contribution in [0, 0.1) is 5.82 Å². The van der Waals surface area contributed by atoms with Gasteiger partial charge in [0.1, 0.15) is 10.7 Å². The number of rotatable bonds is 5. The second kappa shape index (κ2) is 7.48. The molecule has 0 atom stereocenters. The topological polar surface area (TPSA) is 57.7 Å². The van der Waals surface area contributed by atoms with Crippen molar-refractivity contribution >= 4 is 21.4 Å². The number of para-hydroxylation sites is 1. The molecule has 2 aromatic carbocycles. The summed E-state index contributed by atoms with van der Waals surface area (Å²) in [6, 6.07) is 13.6. The van der Waals surface area contributed by atoms with Crippen LogP contribution >= 0.6 is 0 Å². The minimum Gasteiger partial charge on any atom is -0.382 e. The zero-order valence-corrected chi connectivity index (χ0v) is 15.0. The number of nitrogens with zero attached hydrogens (tertiary/aromatic N) is 2. The van der Waals surface area contributed by atoms with Gasteiger partial charge < -0.3 is 9.80 Å². The van der Waals surface area contributed by atoms with Gasteiger partial charge in [0.25, 0.3) is 5.91 Å². The van der Waals surface area contributed by atoms with Crippen LogP contribution in [0.15, 0.2) is 70.6 Å². The Hall–Kier alpha value is -2.67. The van der Waals surface area contributed by atoms with Gasteiger partial charge >= 0.3 is 0 Å². The van der Waals surface area contributed by atoms with Gasteiger partial charge in [-0.1, -0.05) is 30.3 Å². The number of likely N-dealkylation sites (N-methyl/N-ethyl adjacent to an activating group) is 1. The number of carbonyl (C=O) groups excluding carboxylic acids is 1. The van der Waals surface area contributed by atoms with Crippen LogP contribution in [0.2, 0.25) is 0 Å². The van der Waals surface area contributed by atoms with E-state index in [0.717, 1.165) is 12.1 Å². The zero-order chi connectivity index (χ0) is 18.6. The maximum absolute atomic E-state index is 14.0. The van der Waals surface area contributed by atoms with Crippen LogP contribution in [-0.4, -0.2) is 40.4 Å². The molecule has 0 aliphatic heterocycles. The van der Waals surface area contributed by atoms with Gasteiger partial charge in [-0.3, -0.25) is 4.79 Å². The lowest BCUT2D eigenvalue weighted by Gasteiger charge is -2.20. The Morgan fingerprint density at radius 3 is 2.08 bits per heavy atom.